The zero-order valence-electron chi connectivity index (χ0n) is 17.5. The molecule has 1 aromatic heterocycles. The largest absolute Gasteiger partial charge is 0.339 e. The molecular weight excluding hydrogens is 417 g/mol. The normalized spacial score (nSPS) is 13.3. The number of carbonyl (C=O) groups excluding carboxylic acids is 1. The van der Waals surface area contributed by atoms with Crippen LogP contribution in [0.25, 0.3) is 17.5 Å². The first-order valence-corrected chi connectivity index (χ1v) is 10.2. The number of aryl methyl sites for hydroxylation is 1. The summed E-state index contributed by atoms with van der Waals surface area (Å²) >= 11 is 6.29. The Kier molecular flexibility index (Phi) is 5.33. The molecule has 3 N–H and O–H groups in total. The third-order valence-corrected chi connectivity index (χ3v) is 5.46. The Hall–Kier alpha value is -3.16. The lowest BCUT2D eigenvalue weighted by atomic mass is 10.1. The highest BCUT2D eigenvalue weighted by Crippen LogP contribution is 2.34. The standard InChI is InChI=1S/C23H23ClFN5O/c1-14-4-9-17(12-18(14)24)27-21-20(15-5-7-16(25)8-6-15)28-19-13-29(10-11-30(19)21)22(31)23(2,3)26/h4-12,27H,13,26H2,1-3H3. The van der Waals surface area contributed by atoms with Crippen LogP contribution in [0.2, 0.25) is 5.02 Å². The SMILES string of the molecule is Cc1ccc(Nc2c(-c3ccc(F)cc3)nc3n2C=CN(C(=O)C(C)(C)N)C3)cc1Cl. The summed E-state index contributed by atoms with van der Waals surface area (Å²) in [7, 11) is 0. The van der Waals surface area contributed by atoms with Crippen LogP contribution in [0.1, 0.15) is 25.2 Å². The predicted octanol–water partition coefficient (Wildman–Crippen LogP) is 4.90. The van der Waals surface area contributed by atoms with E-state index in [4.69, 9.17) is 22.3 Å². The van der Waals surface area contributed by atoms with E-state index in [1.54, 1.807) is 43.3 Å². The molecule has 0 atom stereocenters. The molecule has 2 aromatic carbocycles. The molecule has 0 unspecified atom stereocenters. The van der Waals surface area contributed by atoms with Crippen molar-refractivity contribution in [3.63, 3.8) is 0 Å². The number of nitrogens with one attached hydrogen (secondary N) is 1. The Morgan fingerprint density at radius 3 is 2.55 bits per heavy atom. The summed E-state index contributed by atoms with van der Waals surface area (Å²) in [5.41, 5.74) is 8.13. The fourth-order valence-corrected chi connectivity index (χ4v) is 3.53. The number of fused-ring (bicyclic) bond motifs is 1. The van der Waals surface area contributed by atoms with E-state index in [0.717, 1.165) is 16.8 Å². The number of hydrogen-bond acceptors (Lipinski definition) is 4. The zero-order valence-corrected chi connectivity index (χ0v) is 18.2. The first-order chi connectivity index (χ1) is 14.6. The molecule has 3 aromatic rings. The summed E-state index contributed by atoms with van der Waals surface area (Å²) in [5.74, 6) is 0.813. The van der Waals surface area contributed by atoms with Gasteiger partial charge in [0.25, 0.3) is 0 Å². The number of amides is 1. The molecule has 0 radical (unpaired) electrons. The van der Waals surface area contributed by atoms with Crippen molar-refractivity contribution >= 4 is 35.2 Å². The predicted molar refractivity (Wildman–Crippen MR) is 121 cm³/mol. The van der Waals surface area contributed by atoms with Gasteiger partial charge in [-0.2, -0.15) is 0 Å². The van der Waals surface area contributed by atoms with Gasteiger partial charge in [-0.05, 0) is 62.7 Å². The van der Waals surface area contributed by atoms with Crippen molar-refractivity contribution in [1.29, 1.82) is 0 Å². The highest BCUT2D eigenvalue weighted by atomic mass is 35.5. The Balaban J connectivity index is 1.78. The van der Waals surface area contributed by atoms with E-state index in [-0.39, 0.29) is 18.3 Å². The maximum Gasteiger partial charge on any atom is 0.246 e. The number of nitrogens with zero attached hydrogens (tertiary/aromatic N) is 3. The van der Waals surface area contributed by atoms with Crippen LogP contribution in [-0.2, 0) is 11.3 Å². The molecule has 0 saturated heterocycles. The van der Waals surface area contributed by atoms with E-state index in [2.05, 4.69) is 5.32 Å². The maximum absolute atomic E-state index is 13.5. The van der Waals surface area contributed by atoms with Crippen LogP contribution >= 0.6 is 11.6 Å². The molecule has 2 heterocycles. The van der Waals surface area contributed by atoms with Gasteiger partial charge in [-0.15, -0.1) is 0 Å². The summed E-state index contributed by atoms with van der Waals surface area (Å²) in [6.45, 7) is 5.54. The first kappa shape index (κ1) is 21.1. The van der Waals surface area contributed by atoms with Gasteiger partial charge >= 0.3 is 0 Å². The van der Waals surface area contributed by atoms with Gasteiger partial charge in [0.2, 0.25) is 5.91 Å². The van der Waals surface area contributed by atoms with E-state index >= 15 is 0 Å². The van der Waals surface area contributed by atoms with Crippen LogP contribution in [0.4, 0.5) is 15.9 Å². The minimum Gasteiger partial charge on any atom is -0.339 e. The number of hydrogen-bond donors (Lipinski definition) is 2. The number of imidazole rings is 1. The van der Waals surface area contributed by atoms with Crippen LogP contribution in [0.3, 0.4) is 0 Å². The average Bonchev–Trinajstić information content (AvgIpc) is 3.07. The van der Waals surface area contributed by atoms with E-state index < -0.39 is 5.54 Å². The highest BCUT2D eigenvalue weighted by molar-refractivity contribution is 6.31. The van der Waals surface area contributed by atoms with Crippen LogP contribution in [-0.4, -0.2) is 25.9 Å². The Bertz CT molecular complexity index is 1180. The van der Waals surface area contributed by atoms with Crippen molar-refractivity contribution in [3.8, 4) is 11.3 Å². The highest BCUT2D eigenvalue weighted by Gasteiger charge is 2.30. The number of nitrogens with two attached hydrogens (primary N) is 1. The van der Waals surface area contributed by atoms with Crippen molar-refractivity contribution in [3.05, 3.63) is 70.9 Å². The molecule has 160 valence electrons. The van der Waals surface area contributed by atoms with Crippen LogP contribution in [0, 0.1) is 12.7 Å². The van der Waals surface area contributed by atoms with Crippen molar-refractivity contribution in [2.45, 2.75) is 32.9 Å². The molecule has 6 nitrogen and oxygen atoms in total. The minimum absolute atomic E-state index is 0.207. The van der Waals surface area contributed by atoms with Gasteiger partial charge < -0.3 is 16.0 Å². The van der Waals surface area contributed by atoms with E-state index in [0.29, 0.717) is 22.4 Å². The molecule has 0 bridgehead atoms. The fourth-order valence-electron chi connectivity index (χ4n) is 3.35. The Morgan fingerprint density at radius 2 is 1.90 bits per heavy atom. The zero-order chi connectivity index (χ0) is 22.3. The Morgan fingerprint density at radius 1 is 1.19 bits per heavy atom. The van der Waals surface area contributed by atoms with Crippen molar-refractivity contribution in [1.82, 2.24) is 14.5 Å². The van der Waals surface area contributed by atoms with Gasteiger partial charge in [0, 0.05) is 28.7 Å². The molecule has 1 aliphatic heterocycles. The van der Waals surface area contributed by atoms with Gasteiger partial charge in [-0.25, -0.2) is 9.37 Å². The number of halogens is 2. The fraction of sp³-hybridized carbons (Fsp3) is 0.217. The average molecular weight is 440 g/mol. The van der Waals surface area contributed by atoms with Crippen molar-refractivity contribution < 1.29 is 9.18 Å². The second-order valence-corrected chi connectivity index (χ2v) is 8.55. The van der Waals surface area contributed by atoms with Crippen LogP contribution in [0.15, 0.2) is 48.7 Å². The van der Waals surface area contributed by atoms with E-state index in [1.165, 1.54) is 12.1 Å². The van der Waals surface area contributed by atoms with Gasteiger partial charge in [0.15, 0.2) is 0 Å². The molecule has 0 aliphatic carbocycles. The van der Waals surface area contributed by atoms with Crippen molar-refractivity contribution in [2.24, 2.45) is 5.73 Å². The lowest BCUT2D eigenvalue weighted by Gasteiger charge is -2.28. The number of anilines is 2. The molecule has 0 saturated carbocycles. The molecule has 0 spiro atoms. The van der Waals surface area contributed by atoms with Gasteiger partial charge in [-0.3, -0.25) is 9.36 Å². The lowest BCUT2D eigenvalue weighted by Crippen LogP contribution is -2.49. The molecule has 0 fully saturated rings. The second kappa shape index (κ2) is 7.83. The number of rotatable bonds is 4. The summed E-state index contributed by atoms with van der Waals surface area (Å²) in [6.07, 6.45) is 3.45. The second-order valence-electron chi connectivity index (χ2n) is 8.14. The molecule has 1 amide bonds. The quantitative estimate of drug-likeness (QED) is 0.606. The smallest absolute Gasteiger partial charge is 0.246 e. The van der Waals surface area contributed by atoms with Crippen molar-refractivity contribution in [2.75, 3.05) is 5.32 Å². The summed E-state index contributed by atoms with van der Waals surface area (Å²) < 4.78 is 15.4. The van der Waals surface area contributed by atoms with Crippen LogP contribution in [0.5, 0.6) is 0 Å². The first-order valence-electron chi connectivity index (χ1n) is 9.82. The van der Waals surface area contributed by atoms with Gasteiger partial charge in [-0.1, -0.05) is 17.7 Å². The molecular formula is C23H23ClFN5O. The number of carbonyl (C=O) groups is 1. The van der Waals surface area contributed by atoms with E-state index in [9.17, 15) is 9.18 Å². The Labute approximate surface area is 185 Å². The number of benzene rings is 2. The summed E-state index contributed by atoms with van der Waals surface area (Å²) in [6, 6.07) is 11.8. The summed E-state index contributed by atoms with van der Waals surface area (Å²) in [5, 5.41) is 4.02. The molecule has 1 aliphatic rings. The van der Waals surface area contributed by atoms with E-state index in [1.807, 2.05) is 29.7 Å². The van der Waals surface area contributed by atoms with Crippen LogP contribution < -0.4 is 11.1 Å². The topological polar surface area (TPSA) is 76.2 Å². The third kappa shape index (κ3) is 4.19. The lowest BCUT2D eigenvalue weighted by molar-refractivity contribution is -0.133. The third-order valence-electron chi connectivity index (χ3n) is 5.06. The van der Waals surface area contributed by atoms with Gasteiger partial charge in [0.05, 0.1) is 12.1 Å². The molecule has 8 heteroatoms. The molecule has 31 heavy (non-hydrogen) atoms. The summed E-state index contributed by atoms with van der Waals surface area (Å²) in [4.78, 5) is 18.9. The molecule has 4 rings (SSSR count). The monoisotopic (exact) mass is 439 g/mol. The maximum atomic E-state index is 13.5. The number of aromatic nitrogens is 2. The minimum atomic E-state index is -1.00. The van der Waals surface area contributed by atoms with Gasteiger partial charge in [0.1, 0.15) is 23.2 Å².